The van der Waals surface area contributed by atoms with E-state index in [9.17, 15) is 4.79 Å². The van der Waals surface area contributed by atoms with Gasteiger partial charge in [-0.25, -0.2) is 0 Å². The van der Waals surface area contributed by atoms with Gasteiger partial charge in [0.25, 0.3) is 0 Å². The number of nitrogens with one attached hydrogen (secondary N) is 1. The smallest absolute Gasteiger partial charge is 0.245 e. The summed E-state index contributed by atoms with van der Waals surface area (Å²) < 4.78 is 0. The first kappa shape index (κ1) is 13.7. The zero-order valence-electron chi connectivity index (χ0n) is 10.8. The third-order valence-electron chi connectivity index (χ3n) is 2.90. The SMILES string of the molecule is Cc1ccc(C(C)C)cc1CCNC(=O)CO. The molecule has 0 aliphatic rings. The predicted molar refractivity (Wildman–Crippen MR) is 69.1 cm³/mol. The average Bonchev–Trinajstić information content (AvgIpc) is 2.30. The number of aryl methyl sites for hydroxylation is 1. The van der Waals surface area contributed by atoms with Crippen LogP contribution in [-0.4, -0.2) is 24.2 Å². The van der Waals surface area contributed by atoms with E-state index in [0.29, 0.717) is 12.5 Å². The molecule has 0 fully saturated rings. The standard InChI is InChI=1S/C14H21NO2/c1-10(2)12-5-4-11(3)13(8-12)6-7-15-14(17)9-16/h4-5,8,10,16H,6-7,9H2,1-3H3,(H,15,17). The average molecular weight is 235 g/mol. The van der Waals surface area contributed by atoms with Crippen LogP contribution in [0.4, 0.5) is 0 Å². The molecule has 94 valence electrons. The van der Waals surface area contributed by atoms with E-state index in [1.165, 1.54) is 16.7 Å². The van der Waals surface area contributed by atoms with Gasteiger partial charge >= 0.3 is 0 Å². The minimum absolute atomic E-state index is 0.317. The first-order valence-corrected chi connectivity index (χ1v) is 6.01. The topological polar surface area (TPSA) is 49.3 Å². The number of benzene rings is 1. The van der Waals surface area contributed by atoms with Crippen LogP contribution < -0.4 is 5.32 Å². The number of aliphatic hydroxyl groups excluding tert-OH is 1. The van der Waals surface area contributed by atoms with E-state index in [2.05, 4.69) is 44.3 Å². The lowest BCUT2D eigenvalue weighted by Gasteiger charge is -2.11. The molecule has 0 radical (unpaired) electrons. The highest BCUT2D eigenvalue weighted by atomic mass is 16.3. The van der Waals surface area contributed by atoms with Crippen LogP contribution in [-0.2, 0) is 11.2 Å². The van der Waals surface area contributed by atoms with Gasteiger partial charge in [-0.15, -0.1) is 0 Å². The number of hydrogen-bond donors (Lipinski definition) is 2. The van der Waals surface area contributed by atoms with Crippen molar-refractivity contribution in [3.05, 3.63) is 34.9 Å². The van der Waals surface area contributed by atoms with Gasteiger partial charge in [-0.3, -0.25) is 4.79 Å². The molecule has 0 saturated carbocycles. The molecule has 1 aromatic carbocycles. The van der Waals surface area contributed by atoms with Crippen molar-refractivity contribution >= 4 is 5.91 Å². The van der Waals surface area contributed by atoms with Crippen LogP contribution in [0.1, 0.15) is 36.5 Å². The highest BCUT2D eigenvalue weighted by Crippen LogP contribution is 2.18. The van der Waals surface area contributed by atoms with Crippen molar-refractivity contribution in [2.75, 3.05) is 13.2 Å². The van der Waals surface area contributed by atoms with Gasteiger partial charge in [0.05, 0.1) is 0 Å². The summed E-state index contributed by atoms with van der Waals surface area (Å²) in [5, 5.41) is 11.3. The highest BCUT2D eigenvalue weighted by Gasteiger charge is 2.04. The number of hydrogen-bond acceptors (Lipinski definition) is 2. The Hall–Kier alpha value is -1.35. The third-order valence-corrected chi connectivity index (χ3v) is 2.90. The molecule has 2 N–H and O–H groups in total. The summed E-state index contributed by atoms with van der Waals surface area (Å²) in [5.74, 6) is 0.198. The van der Waals surface area contributed by atoms with E-state index in [4.69, 9.17) is 5.11 Å². The van der Waals surface area contributed by atoms with Crippen molar-refractivity contribution in [1.29, 1.82) is 0 Å². The van der Waals surface area contributed by atoms with Crippen molar-refractivity contribution in [2.24, 2.45) is 0 Å². The van der Waals surface area contributed by atoms with Crippen molar-refractivity contribution < 1.29 is 9.90 Å². The minimum atomic E-state index is -0.439. The Morgan fingerprint density at radius 2 is 2.12 bits per heavy atom. The molecule has 0 aliphatic heterocycles. The van der Waals surface area contributed by atoms with E-state index in [1.54, 1.807) is 0 Å². The molecule has 1 amide bonds. The summed E-state index contributed by atoms with van der Waals surface area (Å²) in [6.45, 7) is 6.55. The fourth-order valence-corrected chi connectivity index (χ4v) is 1.71. The molecule has 0 aliphatic carbocycles. The molecule has 0 atom stereocenters. The maximum Gasteiger partial charge on any atom is 0.245 e. The molecule has 0 heterocycles. The predicted octanol–water partition coefficient (Wildman–Crippen LogP) is 1.77. The van der Waals surface area contributed by atoms with Crippen LogP contribution in [0.5, 0.6) is 0 Å². The lowest BCUT2D eigenvalue weighted by atomic mass is 9.96. The second kappa shape index (κ2) is 6.40. The first-order chi connectivity index (χ1) is 8.04. The largest absolute Gasteiger partial charge is 0.387 e. The Balaban J connectivity index is 2.63. The van der Waals surface area contributed by atoms with E-state index in [0.717, 1.165) is 6.42 Å². The summed E-state index contributed by atoms with van der Waals surface area (Å²) >= 11 is 0. The molecular weight excluding hydrogens is 214 g/mol. The molecule has 17 heavy (non-hydrogen) atoms. The van der Waals surface area contributed by atoms with Crippen LogP contribution in [0.3, 0.4) is 0 Å². The molecule has 0 aromatic heterocycles. The lowest BCUT2D eigenvalue weighted by Crippen LogP contribution is -2.28. The van der Waals surface area contributed by atoms with Gasteiger partial charge in [-0.05, 0) is 36.0 Å². The van der Waals surface area contributed by atoms with Gasteiger partial charge in [0.2, 0.25) is 5.91 Å². The Kier molecular flexibility index (Phi) is 5.16. The van der Waals surface area contributed by atoms with Crippen LogP contribution in [0, 0.1) is 6.92 Å². The molecule has 0 spiro atoms. The van der Waals surface area contributed by atoms with Gasteiger partial charge in [0.15, 0.2) is 0 Å². The number of aliphatic hydroxyl groups is 1. The number of rotatable bonds is 5. The normalized spacial score (nSPS) is 10.6. The molecule has 0 saturated heterocycles. The van der Waals surface area contributed by atoms with E-state index in [-0.39, 0.29) is 5.91 Å². The Bertz CT molecular complexity index is 386. The van der Waals surface area contributed by atoms with Gasteiger partial charge in [-0.2, -0.15) is 0 Å². The quantitative estimate of drug-likeness (QED) is 0.817. The Labute approximate surface area is 103 Å². The maximum absolute atomic E-state index is 10.9. The van der Waals surface area contributed by atoms with Crippen LogP contribution >= 0.6 is 0 Å². The fraction of sp³-hybridized carbons (Fsp3) is 0.500. The lowest BCUT2D eigenvalue weighted by molar-refractivity contribution is -0.123. The van der Waals surface area contributed by atoms with E-state index in [1.807, 2.05) is 0 Å². The molecule has 0 unspecified atom stereocenters. The Morgan fingerprint density at radius 1 is 1.41 bits per heavy atom. The molecule has 1 rings (SSSR count). The molecule has 3 nitrogen and oxygen atoms in total. The van der Waals surface area contributed by atoms with Gasteiger partial charge in [-0.1, -0.05) is 32.0 Å². The summed E-state index contributed by atoms with van der Waals surface area (Å²) in [6.07, 6.45) is 0.804. The number of carbonyl (C=O) groups is 1. The summed E-state index contributed by atoms with van der Waals surface area (Å²) in [6, 6.07) is 6.47. The second-order valence-corrected chi connectivity index (χ2v) is 4.60. The van der Waals surface area contributed by atoms with Crippen LogP contribution in [0.15, 0.2) is 18.2 Å². The van der Waals surface area contributed by atoms with Crippen molar-refractivity contribution in [2.45, 2.75) is 33.1 Å². The summed E-state index contributed by atoms with van der Waals surface area (Å²) in [4.78, 5) is 10.9. The zero-order chi connectivity index (χ0) is 12.8. The van der Waals surface area contributed by atoms with Gasteiger partial charge in [0.1, 0.15) is 6.61 Å². The second-order valence-electron chi connectivity index (χ2n) is 4.60. The monoisotopic (exact) mass is 235 g/mol. The minimum Gasteiger partial charge on any atom is -0.387 e. The van der Waals surface area contributed by atoms with Gasteiger partial charge in [0, 0.05) is 6.54 Å². The van der Waals surface area contributed by atoms with Crippen molar-refractivity contribution in [3.8, 4) is 0 Å². The molecule has 3 heteroatoms. The molecule has 1 aromatic rings. The van der Waals surface area contributed by atoms with Crippen LogP contribution in [0.25, 0.3) is 0 Å². The number of carbonyl (C=O) groups excluding carboxylic acids is 1. The molecular formula is C14H21NO2. The molecule has 0 bridgehead atoms. The highest BCUT2D eigenvalue weighted by molar-refractivity contribution is 5.76. The van der Waals surface area contributed by atoms with Gasteiger partial charge < -0.3 is 10.4 Å². The number of amides is 1. The van der Waals surface area contributed by atoms with Crippen molar-refractivity contribution in [3.63, 3.8) is 0 Å². The van der Waals surface area contributed by atoms with Crippen molar-refractivity contribution in [1.82, 2.24) is 5.32 Å². The Morgan fingerprint density at radius 3 is 2.71 bits per heavy atom. The summed E-state index contributed by atoms with van der Waals surface area (Å²) in [5.41, 5.74) is 3.82. The third kappa shape index (κ3) is 4.19. The zero-order valence-corrected chi connectivity index (χ0v) is 10.8. The first-order valence-electron chi connectivity index (χ1n) is 6.01. The fourth-order valence-electron chi connectivity index (χ4n) is 1.71. The van der Waals surface area contributed by atoms with E-state index < -0.39 is 6.61 Å². The maximum atomic E-state index is 10.9. The van der Waals surface area contributed by atoms with E-state index >= 15 is 0 Å². The summed E-state index contributed by atoms with van der Waals surface area (Å²) in [7, 11) is 0. The van der Waals surface area contributed by atoms with Crippen LogP contribution in [0.2, 0.25) is 0 Å².